The molecule has 1 aliphatic carbocycles. The fourth-order valence-corrected chi connectivity index (χ4v) is 3.44. The second kappa shape index (κ2) is 7.95. The first-order valence-corrected chi connectivity index (χ1v) is 8.80. The zero-order valence-electron chi connectivity index (χ0n) is 14.5. The van der Waals surface area contributed by atoms with E-state index < -0.39 is 0 Å². The number of hydrogen-bond acceptors (Lipinski definition) is 4. The third kappa shape index (κ3) is 3.89. The Labute approximate surface area is 148 Å². The molecule has 3 rings (SSSR count). The summed E-state index contributed by atoms with van der Waals surface area (Å²) in [5, 5.41) is 16.5. The number of amides is 1. The molecule has 2 aromatic rings. The molecule has 25 heavy (non-hydrogen) atoms. The molecular weight excluding hydrogens is 314 g/mol. The van der Waals surface area contributed by atoms with Crippen molar-refractivity contribution in [1.82, 2.24) is 14.7 Å². The van der Waals surface area contributed by atoms with Crippen molar-refractivity contribution in [2.75, 3.05) is 18.4 Å². The van der Waals surface area contributed by atoms with E-state index in [0.717, 1.165) is 25.1 Å². The molecule has 1 aromatic heterocycles. The summed E-state index contributed by atoms with van der Waals surface area (Å²) in [6.07, 6.45) is 6.28. The standard InChI is InChI=1S/C19H23N5O/c1-2-23(16-8-6-7-9-16)14-18(25)22-19-15(12-20)13-21-24(19)17-10-4-3-5-11-17/h3-5,10-11,13,16H,2,6-9,14H2,1H3,(H,22,25). The van der Waals surface area contributed by atoms with Crippen LogP contribution in [0.25, 0.3) is 5.69 Å². The maximum absolute atomic E-state index is 12.6. The molecule has 0 radical (unpaired) electrons. The molecular formula is C19H23N5O. The lowest BCUT2D eigenvalue weighted by Gasteiger charge is -2.26. The zero-order valence-corrected chi connectivity index (χ0v) is 14.5. The van der Waals surface area contributed by atoms with E-state index in [9.17, 15) is 10.1 Å². The summed E-state index contributed by atoms with van der Waals surface area (Å²) in [7, 11) is 0. The summed E-state index contributed by atoms with van der Waals surface area (Å²) in [6, 6.07) is 12.1. The molecule has 1 fully saturated rings. The lowest BCUT2D eigenvalue weighted by molar-refractivity contribution is -0.117. The van der Waals surface area contributed by atoms with Gasteiger partial charge in [-0.05, 0) is 31.5 Å². The van der Waals surface area contributed by atoms with Gasteiger partial charge in [-0.1, -0.05) is 38.0 Å². The number of anilines is 1. The van der Waals surface area contributed by atoms with Gasteiger partial charge in [-0.15, -0.1) is 0 Å². The SMILES string of the molecule is CCN(CC(=O)Nc1c(C#N)cnn1-c1ccccc1)C1CCCC1. The molecule has 0 atom stereocenters. The molecule has 0 saturated heterocycles. The first-order chi connectivity index (χ1) is 12.2. The van der Waals surface area contributed by atoms with Crippen molar-refractivity contribution in [1.29, 1.82) is 5.26 Å². The highest BCUT2D eigenvalue weighted by Gasteiger charge is 2.24. The number of hydrogen-bond donors (Lipinski definition) is 1. The Morgan fingerprint density at radius 1 is 1.36 bits per heavy atom. The number of para-hydroxylation sites is 1. The molecule has 1 heterocycles. The summed E-state index contributed by atoms with van der Waals surface area (Å²) < 4.78 is 1.60. The van der Waals surface area contributed by atoms with Crippen LogP contribution in [0.3, 0.4) is 0 Å². The van der Waals surface area contributed by atoms with Crippen LogP contribution in [0.4, 0.5) is 5.82 Å². The van der Waals surface area contributed by atoms with Gasteiger partial charge in [0, 0.05) is 6.04 Å². The van der Waals surface area contributed by atoms with Gasteiger partial charge in [0.25, 0.3) is 0 Å². The van der Waals surface area contributed by atoms with Crippen LogP contribution in [-0.2, 0) is 4.79 Å². The highest BCUT2D eigenvalue weighted by molar-refractivity contribution is 5.93. The van der Waals surface area contributed by atoms with Crippen molar-refractivity contribution in [3.63, 3.8) is 0 Å². The minimum absolute atomic E-state index is 0.108. The van der Waals surface area contributed by atoms with Gasteiger partial charge >= 0.3 is 0 Å². The highest BCUT2D eigenvalue weighted by atomic mass is 16.2. The monoisotopic (exact) mass is 337 g/mol. The Morgan fingerprint density at radius 2 is 2.08 bits per heavy atom. The number of aromatic nitrogens is 2. The summed E-state index contributed by atoms with van der Waals surface area (Å²) >= 11 is 0. The van der Waals surface area contributed by atoms with Crippen LogP contribution < -0.4 is 5.32 Å². The molecule has 1 aliphatic rings. The van der Waals surface area contributed by atoms with Crippen molar-refractivity contribution in [3.05, 3.63) is 42.1 Å². The van der Waals surface area contributed by atoms with E-state index in [0.29, 0.717) is 24.0 Å². The fraction of sp³-hybridized carbons (Fsp3) is 0.421. The molecule has 130 valence electrons. The Hall–Kier alpha value is -2.65. The van der Waals surface area contributed by atoms with Crippen LogP contribution in [0.2, 0.25) is 0 Å². The van der Waals surface area contributed by atoms with Crippen LogP contribution >= 0.6 is 0 Å². The first-order valence-electron chi connectivity index (χ1n) is 8.80. The number of likely N-dealkylation sites (N-methyl/N-ethyl adjacent to an activating group) is 1. The average Bonchev–Trinajstić information content (AvgIpc) is 3.30. The Bertz CT molecular complexity index is 756. The van der Waals surface area contributed by atoms with Crippen LogP contribution in [-0.4, -0.2) is 39.7 Å². The smallest absolute Gasteiger partial charge is 0.239 e. The average molecular weight is 337 g/mol. The maximum atomic E-state index is 12.6. The Kier molecular flexibility index (Phi) is 5.46. The fourth-order valence-electron chi connectivity index (χ4n) is 3.44. The second-order valence-electron chi connectivity index (χ2n) is 6.32. The third-order valence-corrected chi connectivity index (χ3v) is 4.74. The number of nitrogens with one attached hydrogen (secondary N) is 1. The molecule has 1 aromatic carbocycles. The Balaban J connectivity index is 1.76. The molecule has 0 unspecified atom stereocenters. The summed E-state index contributed by atoms with van der Waals surface area (Å²) in [6.45, 7) is 3.27. The topological polar surface area (TPSA) is 74.0 Å². The lowest BCUT2D eigenvalue weighted by Crippen LogP contribution is -2.39. The number of nitriles is 1. The zero-order chi connectivity index (χ0) is 17.6. The minimum atomic E-state index is -0.108. The number of carbonyl (C=O) groups is 1. The van der Waals surface area contributed by atoms with Crippen molar-refractivity contribution >= 4 is 11.7 Å². The van der Waals surface area contributed by atoms with Gasteiger partial charge in [-0.3, -0.25) is 9.69 Å². The molecule has 0 spiro atoms. The largest absolute Gasteiger partial charge is 0.308 e. The molecule has 6 nitrogen and oxygen atoms in total. The summed E-state index contributed by atoms with van der Waals surface area (Å²) in [4.78, 5) is 14.8. The number of nitrogens with zero attached hydrogens (tertiary/aromatic N) is 4. The van der Waals surface area contributed by atoms with Gasteiger partial charge in [0.05, 0.1) is 18.4 Å². The van der Waals surface area contributed by atoms with Crippen LogP contribution in [0.1, 0.15) is 38.2 Å². The molecule has 0 bridgehead atoms. The normalized spacial score (nSPS) is 14.6. The van der Waals surface area contributed by atoms with Crippen LogP contribution in [0.5, 0.6) is 0 Å². The number of rotatable bonds is 6. The van der Waals surface area contributed by atoms with Gasteiger partial charge < -0.3 is 5.32 Å². The maximum Gasteiger partial charge on any atom is 0.239 e. The summed E-state index contributed by atoms with van der Waals surface area (Å²) in [5.74, 6) is 0.323. The van der Waals surface area contributed by atoms with E-state index in [1.807, 2.05) is 30.3 Å². The van der Waals surface area contributed by atoms with E-state index in [4.69, 9.17) is 0 Å². The van der Waals surface area contributed by atoms with E-state index in [-0.39, 0.29) is 5.91 Å². The van der Waals surface area contributed by atoms with Crippen molar-refractivity contribution < 1.29 is 4.79 Å². The predicted molar refractivity (Wildman–Crippen MR) is 96.4 cm³/mol. The van der Waals surface area contributed by atoms with E-state index in [1.165, 1.54) is 19.0 Å². The quantitative estimate of drug-likeness (QED) is 0.879. The van der Waals surface area contributed by atoms with Crippen molar-refractivity contribution in [2.24, 2.45) is 0 Å². The lowest BCUT2D eigenvalue weighted by atomic mass is 10.2. The highest BCUT2D eigenvalue weighted by Crippen LogP contribution is 2.24. The van der Waals surface area contributed by atoms with E-state index in [2.05, 4.69) is 28.3 Å². The van der Waals surface area contributed by atoms with E-state index >= 15 is 0 Å². The van der Waals surface area contributed by atoms with Crippen LogP contribution in [0, 0.1) is 11.3 Å². The number of carbonyl (C=O) groups excluding carboxylic acids is 1. The first kappa shape index (κ1) is 17.2. The number of benzene rings is 1. The second-order valence-corrected chi connectivity index (χ2v) is 6.32. The van der Waals surface area contributed by atoms with Gasteiger partial charge in [-0.25, -0.2) is 4.68 Å². The minimum Gasteiger partial charge on any atom is -0.308 e. The summed E-state index contributed by atoms with van der Waals surface area (Å²) in [5.41, 5.74) is 1.17. The van der Waals surface area contributed by atoms with Gasteiger partial charge in [-0.2, -0.15) is 10.4 Å². The van der Waals surface area contributed by atoms with Gasteiger partial charge in [0.1, 0.15) is 11.6 Å². The molecule has 0 aliphatic heterocycles. The van der Waals surface area contributed by atoms with Crippen molar-refractivity contribution in [3.8, 4) is 11.8 Å². The van der Waals surface area contributed by atoms with E-state index in [1.54, 1.807) is 4.68 Å². The molecule has 1 N–H and O–H groups in total. The molecule has 1 saturated carbocycles. The van der Waals surface area contributed by atoms with Gasteiger partial charge in [0.15, 0.2) is 5.82 Å². The van der Waals surface area contributed by atoms with Crippen molar-refractivity contribution in [2.45, 2.75) is 38.6 Å². The van der Waals surface area contributed by atoms with Crippen LogP contribution in [0.15, 0.2) is 36.5 Å². The molecule has 6 heteroatoms. The van der Waals surface area contributed by atoms with Gasteiger partial charge in [0.2, 0.25) is 5.91 Å². The predicted octanol–water partition coefficient (Wildman–Crippen LogP) is 2.95. The molecule has 1 amide bonds. The Morgan fingerprint density at radius 3 is 2.72 bits per heavy atom. The third-order valence-electron chi connectivity index (χ3n) is 4.74.